The third kappa shape index (κ3) is 5.44. The second kappa shape index (κ2) is 9.67. The lowest BCUT2D eigenvalue weighted by atomic mass is 9.96. The van der Waals surface area contributed by atoms with Crippen molar-refractivity contribution in [3.05, 3.63) is 74.2 Å². The average molecular weight is 556 g/mol. The fourth-order valence-electron chi connectivity index (χ4n) is 3.06. The molecule has 2 atom stereocenters. The van der Waals surface area contributed by atoms with Crippen molar-refractivity contribution in [1.82, 2.24) is 4.72 Å². The number of rotatable bonds is 6. The number of sulfonamides is 1. The molecule has 0 radical (unpaired) electrons. The van der Waals surface area contributed by atoms with Crippen LogP contribution < -0.4 is 4.72 Å². The summed E-state index contributed by atoms with van der Waals surface area (Å²) < 4.78 is 67.3. The van der Waals surface area contributed by atoms with Crippen LogP contribution >= 0.6 is 34.8 Å². The molecule has 1 heterocycles. The third-order valence-electron chi connectivity index (χ3n) is 4.65. The number of carbonyl (C=O) groups is 2. The fraction of sp³-hybridized carbons (Fsp3) is 0.150. The van der Waals surface area contributed by atoms with Crippen molar-refractivity contribution in [3.63, 3.8) is 0 Å². The van der Waals surface area contributed by atoms with Crippen molar-refractivity contribution >= 4 is 62.8 Å². The molecule has 2 unspecified atom stereocenters. The second-order valence-corrected chi connectivity index (χ2v) is 9.83. The predicted octanol–water partition coefficient (Wildman–Crippen LogP) is 4.82. The van der Waals surface area contributed by atoms with Crippen LogP contribution in [0.5, 0.6) is 0 Å². The molecular weight excluding hydrogens is 544 g/mol. The van der Waals surface area contributed by atoms with E-state index in [1.54, 1.807) is 0 Å². The highest BCUT2D eigenvalue weighted by molar-refractivity contribution is 7.89. The number of allylic oxidation sites excluding steroid dienone is 1. The molecular formula is C20H12Cl3F3N2O5S. The highest BCUT2D eigenvalue weighted by atomic mass is 35.5. The first-order valence-electron chi connectivity index (χ1n) is 9.08. The summed E-state index contributed by atoms with van der Waals surface area (Å²) in [5.74, 6) is -2.24. The summed E-state index contributed by atoms with van der Waals surface area (Å²) in [5, 5.41) is 8.09. The topological polar surface area (TPSA) is 113 Å². The van der Waals surface area contributed by atoms with Gasteiger partial charge in [0.1, 0.15) is 6.04 Å². The number of hydrogen-bond acceptors (Lipinski definition) is 5. The summed E-state index contributed by atoms with van der Waals surface area (Å²) in [6.07, 6.45) is -2.70. The van der Waals surface area contributed by atoms with E-state index in [2.05, 4.69) is 9.71 Å². The molecule has 2 aromatic rings. The zero-order valence-electron chi connectivity index (χ0n) is 16.5. The maximum absolute atomic E-state index is 13.2. The Morgan fingerprint density at radius 2 is 1.71 bits per heavy atom. The number of ketones is 1. The van der Waals surface area contributed by atoms with Crippen LogP contribution in [0.2, 0.25) is 10.0 Å². The van der Waals surface area contributed by atoms with Crippen LogP contribution in [-0.2, 0) is 16.2 Å². The Balaban J connectivity index is 1.99. The number of dihydropyridines is 1. The number of aromatic carboxylic acids is 1. The Bertz CT molecular complexity index is 1340. The Kier molecular flexibility index (Phi) is 7.44. The largest absolute Gasteiger partial charge is 0.478 e. The molecule has 0 aliphatic carbocycles. The number of Topliss-reactive ketones (excluding diaryl/α,β-unsaturated/α-hetero) is 1. The number of hydrogen-bond donors (Lipinski definition) is 2. The number of carboxylic acids is 1. The zero-order valence-corrected chi connectivity index (χ0v) is 19.6. The van der Waals surface area contributed by atoms with Crippen LogP contribution in [0.4, 0.5) is 13.2 Å². The highest BCUT2D eigenvalue weighted by Gasteiger charge is 2.37. The number of carboxylic acid groups (broad SMARTS) is 1. The SMILES string of the molecule is O=C(O)c1cccc(C(=O)C2N=CC(Cl)=CC2NS(=O)(=O)c2ccc(Cl)c(C(F)(F)F)c2)c1Cl. The van der Waals surface area contributed by atoms with Gasteiger partial charge in [-0.15, -0.1) is 0 Å². The molecule has 1 aliphatic heterocycles. The van der Waals surface area contributed by atoms with Crippen LogP contribution in [0, 0.1) is 0 Å². The van der Waals surface area contributed by atoms with Crippen LogP contribution in [0.15, 0.2) is 57.4 Å². The van der Waals surface area contributed by atoms with Gasteiger partial charge in [0, 0.05) is 11.8 Å². The maximum Gasteiger partial charge on any atom is 0.417 e. The summed E-state index contributed by atoms with van der Waals surface area (Å²) in [6, 6.07) is 2.75. The van der Waals surface area contributed by atoms with Crippen molar-refractivity contribution < 1.29 is 36.3 Å². The molecule has 2 aromatic carbocycles. The van der Waals surface area contributed by atoms with E-state index < -0.39 is 55.5 Å². The molecule has 0 spiro atoms. The van der Waals surface area contributed by atoms with Gasteiger partial charge in [0.05, 0.1) is 37.1 Å². The molecule has 0 bridgehead atoms. The number of aliphatic imine (C=N–C) groups is 1. The lowest BCUT2D eigenvalue weighted by Crippen LogP contribution is -2.46. The van der Waals surface area contributed by atoms with E-state index in [0.29, 0.717) is 6.07 Å². The Hall–Kier alpha value is -2.44. The maximum atomic E-state index is 13.2. The lowest BCUT2D eigenvalue weighted by Gasteiger charge is -2.25. The van der Waals surface area contributed by atoms with Crippen molar-refractivity contribution in [2.45, 2.75) is 23.2 Å². The number of benzene rings is 2. The van der Waals surface area contributed by atoms with Gasteiger partial charge in [-0.2, -0.15) is 13.2 Å². The van der Waals surface area contributed by atoms with E-state index in [1.807, 2.05) is 0 Å². The van der Waals surface area contributed by atoms with Crippen LogP contribution in [-0.4, -0.2) is 43.6 Å². The lowest BCUT2D eigenvalue weighted by molar-refractivity contribution is -0.137. The molecule has 34 heavy (non-hydrogen) atoms. The molecule has 0 amide bonds. The third-order valence-corrected chi connectivity index (χ3v) is 7.06. The van der Waals surface area contributed by atoms with Crippen molar-refractivity contribution in [2.75, 3.05) is 0 Å². The van der Waals surface area contributed by atoms with Gasteiger partial charge >= 0.3 is 12.1 Å². The van der Waals surface area contributed by atoms with Crippen molar-refractivity contribution in [1.29, 1.82) is 0 Å². The predicted molar refractivity (Wildman–Crippen MR) is 120 cm³/mol. The molecule has 0 aromatic heterocycles. The standard InChI is InChI=1S/C20H12Cl3F3N2O5S/c21-9-6-15(28-34(32,33)10-4-5-14(22)13(7-10)20(24,25)26)17(27-8-9)18(29)11-2-1-3-12(16(11)23)19(30)31/h1-8,15,17,28H,(H,30,31). The van der Waals surface area contributed by atoms with E-state index >= 15 is 0 Å². The van der Waals surface area contributed by atoms with Gasteiger partial charge in [0.2, 0.25) is 10.0 Å². The van der Waals surface area contributed by atoms with Crippen LogP contribution in [0.25, 0.3) is 0 Å². The van der Waals surface area contributed by atoms with Crippen LogP contribution in [0.1, 0.15) is 26.3 Å². The smallest absolute Gasteiger partial charge is 0.417 e. The van der Waals surface area contributed by atoms with E-state index in [1.165, 1.54) is 18.2 Å². The van der Waals surface area contributed by atoms with Crippen molar-refractivity contribution in [3.8, 4) is 0 Å². The second-order valence-electron chi connectivity index (χ2n) is 6.90. The van der Waals surface area contributed by atoms with Gasteiger partial charge in [-0.3, -0.25) is 9.79 Å². The molecule has 180 valence electrons. The van der Waals surface area contributed by atoms with Crippen LogP contribution in [0.3, 0.4) is 0 Å². The number of alkyl halides is 3. The number of nitrogens with one attached hydrogen (secondary N) is 1. The Morgan fingerprint density at radius 1 is 1.06 bits per heavy atom. The highest BCUT2D eigenvalue weighted by Crippen LogP contribution is 2.36. The minimum absolute atomic E-state index is 0.0470. The zero-order chi connectivity index (χ0) is 25.4. The van der Waals surface area contributed by atoms with Crippen molar-refractivity contribution in [2.24, 2.45) is 4.99 Å². The van der Waals surface area contributed by atoms with Gasteiger partial charge in [-0.25, -0.2) is 17.9 Å². The summed E-state index contributed by atoms with van der Waals surface area (Å²) in [5.41, 5.74) is -1.97. The van der Waals surface area contributed by atoms with E-state index in [4.69, 9.17) is 34.8 Å². The Labute approximate surface area is 205 Å². The van der Waals surface area contributed by atoms with E-state index in [-0.39, 0.29) is 21.2 Å². The number of carbonyl (C=O) groups excluding carboxylic acids is 1. The van der Waals surface area contributed by atoms with Gasteiger partial charge < -0.3 is 5.11 Å². The molecule has 2 N–H and O–H groups in total. The van der Waals surface area contributed by atoms with E-state index in [9.17, 15) is 36.3 Å². The van der Waals surface area contributed by atoms with Gasteiger partial charge in [-0.1, -0.05) is 40.9 Å². The first kappa shape index (κ1) is 26.2. The number of halogens is 6. The molecule has 0 saturated heterocycles. The molecule has 0 saturated carbocycles. The van der Waals surface area contributed by atoms with E-state index in [0.717, 1.165) is 24.4 Å². The summed E-state index contributed by atoms with van der Waals surface area (Å²) in [4.78, 5) is 27.6. The molecule has 14 heteroatoms. The monoisotopic (exact) mass is 554 g/mol. The molecule has 3 rings (SSSR count). The van der Waals surface area contributed by atoms with Gasteiger partial charge in [-0.05, 0) is 36.4 Å². The van der Waals surface area contributed by atoms with Gasteiger partial charge in [0.25, 0.3) is 0 Å². The molecule has 1 aliphatic rings. The summed E-state index contributed by atoms with van der Waals surface area (Å²) in [6.45, 7) is 0. The first-order chi connectivity index (χ1) is 15.7. The minimum Gasteiger partial charge on any atom is -0.478 e. The first-order valence-corrected chi connectivity index (χ1v) is 11.7. The minimum atomic E-state index is -4.91. The average Bonchev–Trinajstić information content (AvgIpc) is 2.72. The quantitative estimate of drug-likeness (QED) is 0.497. The molecule has 0 fully saturated rings. The normalized spacial score (nSPS) is 18.5. The number of nitrogens with zero attached hydrogens (tertiary/aromatic N) is 1. The molecule has 7 nitrogen and oxygen atoms in total. The Morgan fingerprint density at radius 3 is 2.32 bits per heavy atom. The summed E-state index contributed by atoms with van der Waals surface area (Å²) in [7, 11) is -4.63. The summed E-state index contributed by atoms with van der Waals surface area (Å²) >= 11 is 17.5. The fourth-order valence-corrected chi connectivity index (χ4v) is 4.99. The van der Waals surface area contributed by atoms with Gasteiger partial charge in [0.15, 0.2) is 5.78 Å².